The Labute approximate surface area is 123 Å². The van der Waals surface area contributed by atoms with Gasteiger partial charge >= 0.3 is 0 Å². The third kappa shape index (κ3) is 3.05. The van der Waals surface area contributed by atoms with Crippen molar-refractivity contribution < 1.29 is 13.5 Å². The number of aryl methyl sites for hydroxylation is 2. The Morgan fingerprint density at radius 2 is 1.80 bits per heavy atom. The second-order valence-corrected chi connectivity index (χ2v) is 6.60. The molecular weight excluding hydrogens is 298 g/mol. The molecule has 2 rings (SSSR count). The number of phenolic OH excluding ortho intramolecular Hbond substituents is 1. The highest BCUT2D eigenvalue weighted by Crippen LogP contribution is 2.28. The van der Waals surface area contributed by atoms with Gasteiger partial charge in [-0.1, -0.05) is 29.3 Å². The maximum absolute atomic E-state index is 12.3. The standard InChI is InChI=1S/C14H14ClNO3S/c1-9-3-6-14(10(2)7-9)20(18,19)16-11-4-5-12(15)13(17)8-11/h3-8,16-17H,1-2H3. The number of benzene rings is 2. The summed E-state index contributed by atoms with van der Waals surface area (Å²) >= 11 is 5.68. The Balaban J connectivity index is 2.38. The van der Waals surface area contributed by atoms with Gasteiger partial charge in [0.2, 0.25) is 0 Å². The molecule has 0 aromatic heterocycles. The second kappa shape index (κ2) is 5.34. The minimum atomic E-state index is -3.69. The molecule has 0 fully saturated rings. The van der Waals surface area contributed by atoms with Gasteiger partial charge in [-0.25, -0.2) is 8.42 Å². The zero-order valence-electron chi connectivity index (χ0n) is 11.0. The molecule has 0 aliphatic carbocycles. The van der Waals surface area contributed by atoms with E-state index in [1.54, 1.807) is 25.1 Å². The Kier molecular flexibility index (Phi) is 3.92. The van der Waals surface area contributed by atoms with E-state index in [-0.39, 0.29) is 21.4 Å². The molecule has 0 atom stereocenters. The van der Waals surface area contributed by atoms with Crippen molar-refractivity contribution in [2.75, 3.05) is 4.72 Å². The molecule has 0 saturated carbocycles. The number of nitrogens with one attached hydrogen (secondary N) is 1. The highest BCUT2D eigenvalue weighted by atomic mass is 35.5. The quantitative estimate of drug-likeness (QED) is 0.912. The molecule has 0 heterocycles. The molecule has 0 bridgehead atoms. The number of hydrogen-bond acceptors (Lipinski definition) is 3. The average molecular weight is 312 g/mol. The fourth-order valence-electron chi connectivity index (χ4n) is 1.89. The molecule has 2 aromatic rings. The lowest BCUT2D eigenvalue weighted by Gasteiger charge is -2.11. The number of hydrogen-bond donors (Lipinski definition) is 2. The van der Waals surface area contributed by atoms with Crippen LogP contribution in [-0.4, -0.2) is 13.5 Å². The van der Waals surface area contributed by atoms with Gasteiger partial charge in [0.25, 0.3) is 10.0 Å². The van der Waals surface area contributed by atoms with Gasteiger partial charge in [-0.05, 0) is 37.6 Å². The van der Waals surface area contributed by atoms with Crippen LogP contribution in [0.5, 0.6) is 5.75 Å². The lowest BCUT2D eigenvalue weighted by Crippen LogP contribution is -2.14. The Morgan fingerprint density at radius 1 is 1.10 bits per heavy atom. The molecule has 2 aromatic carbocycles. The van der Waals surface area contributed by atoms with Crippen LogP contribution in [0.4, 0.5) is 5.69 Å². The van der Waals surface area contributed by atoms with Crippen LogP contribution in [0.2, 0.25) is 5.02 Å². The molecule has 0 saturated heterocycles. The molecule has 0 aliphatic heterocycles. The number of rotatable bonds is 3. The first-order valence-electron chi connectivity index (χ1n) is 5.88. The van der Waals surface area contributed by atoms with Crippen molar-refractivity contribution >= 4 is 27.3 Å². The highest BCUT2D eigenvalue weighted by molar-refractivity contribution is 7.92. The van der Waals surface area contributed by atoms with Crippen molar-refractivity contribution in [2.24, 2.45) is 0 Å². The minimum Gasteiger partial charge on any atom is -0.506 e. The fourth-order valence-corrected chi connectivity index (χ4v) is 3.28. The monoisotopic (exact) mass is 311 g/mol. The van der Waals surface area contributed by atoms with Crippen molar-refractivity contribution in [3.63, 3.8) is 0 Å². The van der Waals surface area contributed by atoms with Gasteiger partial charge in [0.1, 0.15) is 5.75 Å². The third-order valence-electron chi connectivity index (χ3n) is 2.82. The number of aromatic hydroxyl groups is 1. The van der Waals surface area contributed by atoms with Crippen LogP contribution in [-0.2, 0) is 10.0 Å². The predicted molar refractivity (Wildman–Crippen MR) is 79.8 cm³/mol. The van der Waals surface area contributed by atoms with Crippen molar-refractivity contribution in [2.45, 2.75) is 18.7 Å². The van der Waals surface area contributed by atoms with Crippen LogP contribution in [0.15, 0.2) is 41.3 Å². The lowest BCUT2D eigenvalue weighted by atomic mass is 10.2. The molecule has 20 heavy (non-hydrogen) atoms. The zero-order valence-corrected chi connectivity index (χ0v) is 12.6. The highest BCUT2D eigenvalue weighted by Gasteiger charge is 2.17. The number of anilines is 1. The van der Waals surface area contributed by atoms with Crippen molar-refractivity contribution in [1.29, 1.82) is 0 Å². The van der Waals surface area contributed by atoms with Gasteiger partial charge in [-0.2, -0.15) is 0 Å². The number of sulfonamides is 1. The first-order chi connectivity index (χ1) is 9.29. The van der Waals surface area contributed by atoms with Crippen molar-refractivity contribution in [3.05, 3.63) is 52.5 Å². The van der Waals surface area contributed by atoms with Gasteiger partial charge < -0.3 is 5.11 Å². The molecule has 0 amide bonds. The van der Waals surface area contributed by atoms with E-state index in [1.165, 1.54) is 18.2 Å². The molecule has 0 unspecified atom stereocenters. The topological polar surface area (TPSA) is 66.4 Å². The largest absolute Gasteiger partial charge is 0.506 e. The van der Waals surface area contributed by atoms with E-state index in [0.717, 1.165) is 5.56 Å². The van der Waals surface area contributed by atoms with Gasteiger partial charge in [-0.3, -0.25) is 4.72 Å². The first-order valence-corrected chi connectivity index (χ1v) is 7.74. The molecular formula is C14H14ClNO3S. The molecule has 6 heteroatoms. The summed E-state index contributed by atoms with van der Waals surface area (Å²) in [6, 6.07) is 9.28. The van der Waals surface area contributed by atoms with E-state index >= 15 is 0 Å². The minimum absolute atomic E-state index is 0.166. The van der Waals surface area contributed by atoms with Crippen LogP contribution >= 0.6 is 11.6 Å². The maximum Gasteiger partial charge on any atom is 0.262 e. The SMILES string of the molecule is Cc1ccc(S(=O)(=O)Nc2ccc(Cl)c(O)c2)c(C)c1. The van der Waals surface area contributed by atoms with Gasteiger partial charge in [0.15, 0.2) is 0 Å². The molecule has 4 nitrogen and oxygen atoms in total. The lowest BCUT2D eigenvalue weighted by molar-refractivity contribution is 0.476. The van der Waals surface area contributed by atoms with Crippen LogP contribution in [0.1, 0.15) is 11.1 Å². The fraction of sp³-hybridized carbons (Fsp3) is 0.143. The number of phenols is 1. The summed E-state index contributed by atoms with van der Waals surface area (Å²) in [7, 11) is -3.69. The Morgan fingerprint density at radius 3 is 2.40 bits per heavy atom. The maximum atomic E-state index is 12.3. The smallest absolute Gasteiger partial charge is 0.262 e. The van der Waals surface area contributed by atoms with E-state index in [0.29, 0.717) is 5.56 Å². The van der Waals surface area contributed by atoms with Crippen LogP contribution < -0.4 is 4.72 Å². The molecule has 0 spiro atoms. The molecule has 2 N–H and O–H groups in total. The number of halogens is 1. The van der Waals surface area contributed by atoms with E-state index in [9.17, 15) is 13.5 Å². The predicted octanol–water partition coefficient (Wildman–Crippen LogP) is 3.46. The second-order valence-electron chi connectivity index (χ2n) is 4.54. The van der Waals surface area contributed by atoms with Crippen LogP contribution in [0.3, 0.4) is 0 Å². The van der Waals surface area contributed by atoms with E-state index in [2.05, 4.69) is 4.72 Å². The van der Waals surface area contributed by atoms with Crippen LogP contribution in [0.25, 0.3) is 0 Å². The zero-order chi connectivity index (χ0) is 14.9. The van der Waals surface area contributed by atoms with Crippen molar-refractivity contribution in [1.82, 2.24) is 0 Å². The Bertz CT molecular complexity index is 757. The summed E-state index contributed by atoms with van der Waals surface area (Å²) in [6.07, 6.45) is 0. The summed E-state index contributed by atoms with van der Waals surface area (Å²) in [5.41, 5.74) is 1.91. The van der Waals surface area contributed by atoms with E-state index in [4.69, 9.17) is 11.6 Å². The first kappa shape index (κ1) is 14.7. The third-order valence-corrected chi connectivity index (χ3v) is 4.68. The summed E-state index contributed by atoms with van der Waals surface area (Å²) in [4.78, 5) is 0.206. The van der Waals surface area contributed by atoms with Gasteiger partial charge in [-0.15, -0.1) is 0 Å². The van der Waals surface area contributed by atoms with Gasteiger partial charge in [0, 0.05) is 6.07 Å². The molecule has 106 valence electrons. The summed E-state index contributed by atoms with van der Waals surface area (Å²) in [5.74, 6) is -0.174. The normalized spacial score (nSPS) is 11.3. The summed E-state index contributed by atoms with van der Waals surface area (Å²) < 4.78 is 27.0. The summed E-state index contributed by atoms with van der Waals surface area (Å²) in [6.45, 7) is 3.63. The van der Waals surface area contributed by atoms with Crippen molar-refractivity contribution in [3.8, 4) is 5.75 Å². The van der Waals surface area contributed by atoms with Gasteiger partial charge in [0.05, 0.1) is 15.6 Å². The van der Waals surface area contributed by atoms with E-state index in [1.807, 2.05) is 6.92 Å². The molecule has 0 aliphatic rings. The summed E-state index contributed by atoms with van der Waals surface area (Å²) in [5, 5.41) is 9.66. The Hall–Kier alpha value is -1.72. The van der Waals surface area contributed by atoms with E-state index < -0.39 is 10.0 Å². The average Bonchev–Trinajstić information content (AvgIpc) is 2.33. The molecule has 0 radical (unpaired) electrons. The van der Waals surface area contributed by atoms with Crippen LogP contribution in [0, 0.1) is 13.8 Å².